The molecule has 3 amide bonds. The number of carbonyl (C=O) groups is 2. The first-order valence-electron chi connectivity index (χ1n) is 8.47. The number of amides is 3. The molecule has 2 aromatic carbocycles. The Balaban J connectivity index is 1.64. The fourth-order valence-electron chi connectivity index (χ4n) is 2.97. The molecule has 0 unspecified atom stereocenters. The standard InChI is InChI=1S/C20H16N4O3S/c21-19(25)15-6-3-7-16-17(15)18(24-27-16)14-5-2-1-4-12(14)10-22-20(26)23-13-8-9-28-11-13/h1-9,11H,10H2,(H2,21,25)(H2,22,23,26). The molecule has 0 aliphatic carbocycles. The second-order valence-corrected chi connectivity index (χ2v) is 6.83. The second-order valence-electron chi connectivity index (χ2n) is 6.05. The van der Waals surface area contributed by atoms with Gasteiger partial charge in [0.15, 0.2) is 5.58 Å². The lowest BCUT2D eigenvalue weighted by molar-refractivity contribution is 0.100. The zero-order valence-electron chi connectivity index (χ0n) is 14.6. The van der Waals surface area contributed by atoms with Crippen LogP contribution in [0.2, 0.25) is 0 Å². The van der Waals surface area contributed by atoms with Crippen LogP contribution in [-0.2, 0) is 6.54 Å². The third-order valence-electron chi connectivity index (χ3n) is 4.25. The topological polar surface area (TPSA) is 110 Å². The summed E-state index contributed by atoms with van der Waals surface area (Å²) >= 11 is 1.50. The number of thiophene rings is 1. The molecule has 0 radical (unpaired) electrons. The van der Waals surface area contributed by atoms with Crippen LogP contribution in [0.25, 0.3) is 22.2 Å². The highest BCUT2D eigenvalue weighted by molar-refractivity contribution is 7.08. The zero-order valence-corrected chi connectivity index (χ0v) is 15.5. The van der Waals surface area contributed by atoms with Gasteiger partial charge >= 0.3 is 6.03 Å². The molecular formula is C20H16N4O3S. The maximum atomic E-state index is 12.1. The first-order valence-corrected chi connectivity index (χ1v) is 9.41. The van der Waals surface area contributed by atoms with E-state index in [1.807, 2.05) is 41.1 Å². The van der Waals surface area contributed by atoms with Crippen molar-refractivity contribution in [3.63, 3.8) is 0 Å². The van der Waals surface area contributed by atoms with Gasteiger partial charge in [0.2, 0.25) is 5.91 Å². The van der Waals surface area contributed by atoms with E-state index in [4.69, 9.17) is 10.3 Å². The van der Waals surface area contributed by atoms with E-state index in [-0.39, 0.29) is 12.6 Å². The van der Waals surface area contributed by atoms with Gasteiger partial charge in [-0.1, -0.05) is 35.5 Å². The number of urea groups is 1. The van der Waals surface area contributed by atoms with Gasteiger partial charge in [0.25, 0.3) is 0 Å². The van der Waals surface area contributed by atoms with Gasteiger partial charge < -0.3 is 20.9 Å². The summed E-state index contributed by atoms with van der Waals surface area (Å²) in [6, 6.07) is 14.1. The summed E-state index contributed by atoms with van der Waals surface area (Å²) in [6.45, 7) is 0.277. The monoisotopic (exact) mass is 392 g/mol. The number of nitrogens with one attached hydrogen (secondary N) is 2. The molecule has 28 heavy (non-hydrogen) atoms. The van der Waals surface area contributed by atoms with Crippen LogP contribution in [0.4, 0.5) is 10.5 Å². The van der Waals surface area contributed by atoms with Crippen LogP contribution < -0.4 is 16.4 Å². The molecule has 0 spiro atoms. The molecule has 0 atom stereocenters. The molecule has 7 nitrogen and oxygen atoms in total. The van der Waals surface area contributed by atoms with Crippen LogP contribution in [0.15, 0.2) is 63.8 Å². The van der Waals surface area contributed by atoms with Crippen molar-refractivity contribution in [3.05, 3.63) is 70.4 Å². The van der Waals surface area contributed by atoms with Crippen molar-refractivity contribution >= 4 is 39.9 Å². The third-order valence-corrected chi connectivity index (χ3v) is 4.94. The summed E-state index contributed by atoms with van der Waals surface area (Å²) in [5.41, 5.74) is 9.17. The minimum Gasteiger partial charge on any atom is -0.366 e. The predicted octanol–water partition coefficient (Wildman–Crippen LogP) is 3.98. The van der Waals surface area contributed by atoms with Gasteiger partial charge in [-0.2, -0.15) is 11.3 Å². The lowest BCUT2D eigenvalue weighted by Crippen LogP contribution is -2.28. The van der Waals surface area contributed by atoms with Crippen LogP contribution in [0.5, 0.6) is 0 Å². The van der Waals surface area contributed by atoms with Crippen LogP contribution in [-0.4, -0.2) is 17.1 Å². The molecule has 0 saturated carbocycles. The summed E-state index contributed by atoms with van der Waals surface area (Å²) in [5.74, 6) is -0.555. The Morgan fingerprint density at radius 2 is 1.96 bits per heavy atom. The quantitative estimate of drug-likeness (QED) is 0.477. The molecule has 4 aromatic rings. The van der Waals surface area contributed by atoms with Gasteiger partial charge in [-0.3, -0.25) is 4.79 Å². The van der Waals surface area contributed by atoms with Crippen molar-refractivity contribution in [3.8, 4) is 11.3 Å². The lowest BCUT2D eigenvalue weighted by atomic mass is 9.99. The summed E-state index contributed by atoms with van der Waals surface area (Å²) in [7, 11) is 0. The van der Waals surface area contributed by atoms with E-state index in [0.29, 0.717) is 22.2 Å². The minimum atomic E-state index is -0.555. The number of benzene rings is 2. The van der Waals surface area contributed by atoms with E-state index in [1.54, 1.807) is 18.2 Å². The number of hydrogen-bond donors (Lipinski definition) is 3. The van der Waals surface area contributed by atoms with Crippen LogP contribution in [0.1, 0.15) is 15.9 Å². The number of carbonyl (C=O) groups excluding carboxylic acids is 2. The Bertz CT molecular complexity index is 1150. The zero-order chi connectivity index (χ0) is 19.5. The van der Waals surface area contributed by atoms with Crippen molar-refractivity contribution in [2.45, 2.75) is 6.54 Å². The average Bonchev–Trinajstić information content (AvgIpc) is 3.36. The molecule has 8 heteroatoms. The maximum absolute atomic E-state index is 12.1. The molecular weight excluding hydrogens is 376 g/mol. The number of nitrogens with two attached hydrogens (primary N) is 1. The Kier molecular flexibility index (Phi) is 4.77. The first kappa shape index (κ1) is 17.7. The minimum absolute atomic E-state index is 0.277. The fourth-order valence-corrected chi connectivity index (χ4v) is 3.56. The summed E-state index contributed by atoms with van der Waals surface area (Å²) in [6.07, 6.45) is 0. The lowest BCUT2D eigenvalue weighted by Gasteiger charge is -2.10. The van der Waals surface area contributed by atoms with Crippen molar-refractivity contribution in [2.24, 2.45) is 5.73 Å². The Hall–Kier alpha value is -3.65. The van der Waals surface area contributed by atoms with E-state index < -0.39 is 5.91 Å². The molecule has 4 N–H and O–H groups in total. The van der Waals surface area contributed by atoms with Crippen molar-refractivity contribution < 1.29 is 14.1 Å². The number of hydrogen-bond acceptors (Lipinski definition) is 5. The molecule has 4 rings (SSSR count). The SMILES string of the molecule is NC(=O)c1cccc2onc(-c3ccccc3CNC(=O)Nc3ccsc3)c12. The Morgan fingerprint density at radius 1 is 1.11 bits per heavy atom. The van der Waals surface area contributed by atoms with Crippen LogP contribution in [0.3, 0.4) is 0 Å². The number of fused-ring (bicyclic) bond motifs is 1. The first-order chi connectivity index (χ1) is 13.6. The summed E-state index contributed by atoms with van der Waals surface area (Å²) in [5, 5.41) is 14.0. The van der Waals surface area contributed by atoms with Gasteiger partial charge in [-0.05, 0) is 29.1 Å². The molecule has 0 saturated heterocycles. The highest BCUT2D eigenvalue weighted by Crippen LogP contribution is 2.32. The number of primary amides is 1. The van der Waals surface area contributed by atoms with Crippen LogP contribution >= 0.6 is 11.3 Å². The Morgan fingerprint density at radius 3 is 2.75 bits per heavy atom. The summed E-state index contributed by atoms with van der Waals surface area (Å²) in [4.78, 5) is 24.0. The summed E-state index contributed by atoms with van der Waals surface area (Å²) < 4.78 is 5.39. The second kappa shape index (κ2) is 7.53. The Labute approximate surface area is 164 Å². The van der Waals surface area contributed by atoms with Crippen LogP contribution in [0, 0.1) is 0 Å². The van der Waals surface area contributed by atoms with E-state index in [1.165, 1.54) is 11.3 Å². The fraction of sp³-hybridized carbons (Fsp3) is 0.0500. The normalized spacial score (nSPS) is 10.7. The van der Waals surface area contributed by atoms with Gasteiger partial charge in [-0.25, -0.2) is 4.79 Å². The highest BCUT2D eigenvalue weighted by Gasteiger charge is 2.19. The third kappa shape index (κ3) is 3.45. The maximum Gasteiger partial charge on any atom is 0.319 e. The number of anilines is 1. The average molecular weight is 392 g/mol. The van der Waals surface area contributed by atoms with Gasteiger partial charge in [0, 0.05) is 17.5 Å². The highest BCUT2D eigenvalue weighted by atomic mass is 32.1. The van der Waals surface area contributed by atoms with Gasteiger partial charge in [0.1, 0.15) is 5.69 Å². The van der Waals surface area contributed by atoms with Gasteiger partial charge in [0.05, 0.1) is 16.6 Å². The van der Waals surface area contributed by atoms with Crippen molar-refractivity contribution in [1.82, 2.24) is 10.5 Å². The molecule has 0 aliphatic heterocycles. The predicted molar refractivity (Wildman–Crippen MR) is 108 cm³/mol. The molecule has 0 aliphatic rings. The number of nitrogens with zero attached hydrogens (tertiary/aromatic N) is 1. The molecule has 2 aromatic heterocycles. The molecule has 2 heterocycles. The molecule has 0 fully saturated rings. The van der Waals surface area contributed by atoms with E-state index in [9.17, 15) is 9.59 Å². The van der Waals surface area contributed by atoms with E-state index in [0.717, 1.165) is 16.8 Å². The van der Waals surface area contributed by atoms with E-state index in [2.05, 4.69) is 15.8 Å². The van der Waals surface area contributed by atoms with E-state index >= 15 is 0 Å². The smallest absolute Gasteiger partial charge is 0.319 e. The van der Waals surface area contributed by atoms with Crippen molar-refractivity contribution in [1.29, 1.82) is 0 Å². The molecule has 0 bridgehead atoms. The number of aromatic nitrogens is 1. The molecule has 140 valence electrons. The van der Waals surface area contributed by atoms with Gasteiger partial charge in [-0.15, -0.1) is 0 Å². The van der Waals surface area contributed by atoms with Crippen molar-refractivity contribution in [2.75, 3.05) is 5.32 Å². The largest absolute Gasteiger partial charge is 0.366 e. The number of rotatable bonds is 5.